The first-order valence-electron chi connectivity index (χ1n) is 4.94. The maximum absolute atomic E-state index is 13.3. The highest BCUT2D eigenvalue weighted by Crippen LogP contribution is 2.23. The Kier molecular flexibility index (Phi) is 4.43. The number of ether oxygens (including phenoxy) is 1. The van der Waals surface area contributed by atoms with Crippen LogP contribution >= 0.6 is 39.1 Å². The van der Waals surface area contributed by atoms with Gasteiger partial charge in [-0.05, 0) is 34.1 Å². The van der Waals surface area contributed by atoms with E-state index >= 15 is 0 Å². The van der Waals surface area contributed by atoms with Crippen molar-refractivity contribution >= 4 is 39.1 Å². The Hall–Kier alpha value is -0.840. The minimum atomic E-state index is -0.382. The molecule has 1 aromatic heterocycles. The quantitative estimate of drug-likeness (QED) is 0.737. The summed E-state index contributed by atoms with van der Waals surface area (Å²) < 4.78 is 19.1. The molecule has 0 N–H and O–H groups in total. The maximum atomic E-state index is 13.3. The van der Waals surface area contributed by atoms with Gasteiger partial charge in [0.2, 0.25) is 0 Å². The van der Waals surface area contributed by atoms with Crippen LogP contribution in [0.3, 0.4) is 0 Å². The minimum Gasteiger partial charge on any atom is -0.489 e. The normalized spacial score (nSPS) is 10.4. The van der Waals surface area contributed by atoms with E-state index in [1.807, 2.05) is 0 Å². The zero-order chi connectivity index (χ0) is 13.1. The largest absolute Gasteiger partial charge is 0.489 e. The van der Waals surface area contributed by atoms with Crippen LogP contribution in [0.15, 0.2) is 34.9 Å². The van der Waals surface area contributed by atoms with Gasteiger partial charge in [0.05, 0.1) is 9.50 Å². The predicted molar refractivity (Wildman–Crippen MR) is 72.7 cm³/mol. The second-order valence-electron chi connectivity index (χ2n) is 3.46. The summed E-state index contributed by atoms with van der Waals surface area (Å²) in [6.45, 7) is 0.198. The van der Waals surface area contributed by atoms with Crippen molar-refractivity contribution in [1.82, 2.24) is 4.98 Å². The van der Waals surface area contributed by atoms with Gasteiger partial charge in [-0.25, -0.2) is 9.37 Å². The van der Waals surface area contributed by atoms with Gasteiger partial charge in [-0.1, -0.05) is 23.2 Å². The fourth-order valence-corrected chi connectivity index (χ4v) is 1.94. The van der Waals surface area contributed by atoms with Crippen LogP contribution in [0.4, 0.5) is 4.39 Å². The van der Waals surface area contributed by atoms with Gasteiger partial charge in [-0.3, -0.25) is 0 Å². The van der Waals surface area contributed by atoms with E-state index in [1.165, 1.54) is 18.3 Å². The summed E-state index contributed by atoms with van der Waals surface area (Å²) in [6.07, 6.45) is 1.53. The van der Waals surface area contributed by atoms with Crippen molar-refractivity contribution < 1.29 is 9.13 Å². The van der Waals surface area contributed by atoms with Gasteiger partial charge in [-0.2, -0.15) is 0 Å². The predicted octanol–water partition coefficient (Wildman–Crippen LogP) is 4.87. The van der Waals surface area contributed by atoms with Crippen LogP contribution in [0.2, 0.25) is 10.2 Å². The Morgan fingerprint density at radius 2 is 2.06 bits per heavy atom. The third-order valence-electron chi connectivity index (χ3n) is 2.18. The SMILES string of the molecule is Fc1cc(OCc2cnc(Cl)cc2Cl)ccc1Br. The summed E-state index contributed by atoms with van der Waals surface area (Å²) >= 11 is 14.7. The lowest BCUT2D eigenvalue weighted by Gasteiger charge is -2.08. The van der Waals surface area contributed by atoms with Crippen LogP contribution in [0.25, 0.3) is 0 Å². The first-order valence-corrected chi connectivity index (χ1v) is 6.49. The van der Waals surface area contributed by atoms with Crippen molar-refractivity contribution in [3.05, 3.63) is 56.5 Å². The standard InChI is InChI=1S/C12H7BrCl2FNO/c13-9-2-1-8(3-11(9)16)18-6-7-5-17-12(15)4-10(7)14/h1-5H,6H2. The second-order valence-corrected chi connectivity index (χ2v) is 5.11. The topological polar surface area (TPSA) is 22.1 Å². The monoisotopic (exact) mass is 349 g/mol. The fraction of sp³-hybridized carbons (Fsp3) is 0.0833. The zero-order valence-corrected chi connectivity index (χ0v) is 12.1. The molecule has 0 fully saturated rings. The average Bonchev–Trinajstić information content (AvgIpc) is 2.32. The van der Waals surface area contributed by atoms with Crippen LogP contribution in [-0.2, 0) is 6.61 Å². The molecule has 0 aliphatic rings. The molecule has 94 valence electrons. The van der Waals surface area contributed by atoms with E-state index in [0.717, 1.165) is 0 Å². The first-order chi connectivity index (χ1) is 8.56. The summed E-state index contributed by atoms with van der Waals surface area (Å²) in [5.41, 5.74) is 0.685. The van der Waals surface area contributed by atoms with E-state index in [2.05, 4.69) is 20.9 Å². The summed E-state index contributed by atoms with van der Waals surface area (Å²) in [5.74, 6) is 0.0366. The molecule has 0 radical (unpaired) electrons. The Morgan fingerprint density at radius 1 is 1.28 bits per heavy atom. The van der Waals surface area contributed by atoms with Crippen LogP contribution < -0.4 is 4.74 Å². The number of hydrogen-bond acceptors (Lipinski definition) is 2. The van der Waals surface area contributed by atoms with E-state index in [0.29, 0.717) is 26.0 Å². The molecule has 0 atom stereocenters. The number of rotatable bonds is 3. The molecule has 0 bridgehead atoms. The van der Waals surface area contributed by atoms with Gasteiger partial charge >= 0.3 is 0 Å². The zero-order valence-electron chi connectivity index (χ0n) is 8.96. The van der Waals surface area contributed by atoms with E-state index in [4.69, 9.17) is 27.9 Å². The van der Waals surface area contributed by atoms with Gasteiger partial charge in [0.25, 0.3) is 0 Å². The number of halogens is 4. The molecule has 2 nitrogen and oxygen atoms in total. The molecule has 0 spiro atoms. The highest BCUT2D eigenvalue weighted by Gasteiger charge is 2.05. The van der Waals surface area contributed by atoms with Crippen LogP contribution in [-0.4, -0.2) is 4.98 Å². The van der Waals surface area contributed by atoms with E-state index in [-0.39, 0.29) is 12.4 Å². The second kappa shape index (κ2) is 5.87. The van der Waals surface area contributed by atoms with Gasteiger partial charge in [0.1, 0.15) is 23.3 Å². The van der Waals surface area contributed by atoms with Crippen LogP contribution in [0.1, 0.15) is 5.56 Å². The van der Waals surface area contributed by atoms with Gasteiger partial charge < -0.3 is 4.74 Å². The summed E-state index contributed by atoms with van der Waals surface area (Å²) in [4.78, 5) is 3.90. The lowest BCUT2D eigenvalue weighted by Crippen LogP contribution is -1.97. The smallest absolute Gasteiger partial charge is 0.141 e. The molecule has 0 amide bonds. The minimum absolute atomic E-state index is 0.198. The molecule has 6 heteroatoms. The lowest BCUT2D eigenvalue weighted by molar-refractivity contribution is 0.304. The Balaban J connectivity index is 2.09. The molecule has 0 saturated heterocycles. The van der Waals surface area contributed by atoms with E-state index < -0.39 is 0 Å². The molecule has 0 unspecified atom stereocenters. The van der Waals surface area contributed by atoms with Crippen LogP contribution in [0.5, 0.6) is 5.75 Å². The van der Waals surface area contributed by atoms with Crippen molar-refractivity contribution in [3.63, 3.8) is 0 Å². The molecular weight excluding hydrogens is 344 g/mol. The molecule has 18 heavy (non-hydrogen) atoms. The third-order valence-corrected chi connectivity index (χ3v) is 3.38. The van der Waals surface area contributed by atoms with Gasteiger partial charge in [0.15, 0.2) is 0 Å². The van der Waals surface area contributed by atoms with Gasteiger partial charge in [0, 0.05) is 17.8 Å². The number of hydrogen-bond donors (Lipinski definition) is 0. The molecule has 0 aliphatic carbocycles. The van der Waals surface area contributed by atoms with Crippen molar-refractivity contribution in [1.29, 1.82) is 0 Å². The summed E-state index contributed by atoms with van der Waals surface area (Å²) in [5, 5.41) is 0.783. The third kappa shape index (κ3) is 3.34. The maximum Gasteiger partial charge on any atom is 0.141 e. The Morgan fingerprint density at radius 3 is 2.72 bits per heavy atom. The first kappa shape index (κ1) is 13.6. The van der Waals surface area contributed by atoms with Crippen molar-refractivity contribution in [2.75, 3.05) is 0 Å². The number of pyridine rings is 1. The Labute approximate surface area is 122 Å². The van der Waals surface area contributed by atoms with Crippen LogP contribution in [0, 0.1) is 5.82 Å². The number of aromatic nitrogens is 1. The van der Waals surface area contributed by atoms with Crippen molar-refractivity contribution in [2.24, 2.45) is 0 Å². The number of nitrogens with zero attached hydrogens (tertiary/aromatic N) is 1. The fourth-order valence-electron chi connectivity index (χ4n) is 1.27. The van der Waals surface area contributed by atoms with Crippen molar-refractivity contribution in [2.45, 2.75) is 6.61 Å². The van der Waals surface area contributed by atoms with E-state index in [1.54, 1.807) is 12.1 Å². The highest BCUT2D eigenvalue weighted by atomic mass is 79.9. The molecular formula is C12H7BrCl2FNO. The van der Waals surface area contributed by atoms with Gasteiger partial charge in [-0.15, -0.1) is 0 Å². The highest BCUT2D eigenvalue weighted by molar-refractivity contribution is 9.10. The summed E-state index contributed by atoms with van der Waals surface area (Å²) in [7, 11) is 0. The molecule has 0 saturated carbocycles. The molecule has 2 aromatic rings. The molecule has 1 aromatic carbocycles. The Bertz CT molecular complexity index is 580. The van der Waals surface area contributed by atoms with Crippen molar-refractivity contribution in [3.8, 4) is 5.75 Å². The molecule has 1 heterocycles. The summed E-state index contributed by atoms with van der Waals surface area (Å²) in [6, 6.07) is 6.06. The lowest BCUT2D eigenvalue weighted by atomic mass is 10.3. The average molecular weight is 351 g/mol. The molecule has 2 rings (SSSR count). The molecule has 0 aliphatic heterocycles. The number of benzene rings is 1. The van der Waals surface area contributed by atoms with E-state index in [9.17, 15) is 4.39 Å².